The van der Waals surface area contributed by atoms with Crippen molar-refractivity contribution in [3.63, 3.8) is 0 Å². The Hall–Kier alpha value is -1.89. The molecule has 0 spiro atoms. The van der Waals surface area contributed by atoms with Crippen molar-refractivity contribution in [2.75, 3.05) is 24.5 Å². The van der Waals surface area contributed by atoms with Crippen molar-refractivity contribution in [2.24, 2.45) is 11.7 Å². The summed E-state index contributed by atoms with van der Waals surface area (Å²) in [4.78, 5) is 5.24. The smallest absolute Gasteiger partial charge is 0.125 e. The zero-order valence-corrected chi connectivity index (χ0v) is 13.0. The van der Waals surface area contributed by atoms with Crippen molar-refractivity contribution in [3.05, 3.63) is 21.3 Å². The highest BCUT2D eigenvalue weighted by Crippen LogP contribution is 2.28. The standard InChI is InChI=1S/C15H19N5S/c1-2-11-12(7-17)14(19-15(21)13(11)8-18)20-5-3-4-10(6-16)9-20/h10H,2-6,9,16H2,1H3,(H,19,21). The Bertz CT molecular complexity index is 664. The van der Waals surface area contributed by atoms with Crippen LogP contribution in [0.15, 0.2) is 0 Å². The number of pyridine rings is 1. The van der Waals surface area contributed by atoms with E-state index in [9.17, 15) is 10.5 Å². The van der Waals surface area contributed by atoms with Crippen molar-refractivity contribution in [1.82, 2.24) is 4.98 Å². The maximum absolute atomic E-state index is 9.53. The Labute approximate surface area is 130 Å². The van der Waals surface area contributed by atoms with Gasteiger partial charge in [0.1, 0.15) is 22.6 Å². The molecule has 1 fully saturated rings. The molecule has 1 aliphatic rings. The third kappa shape index (κ3) is 2.92. The van der Waals surface area contributed by atoms with Gasteiger partial charge in [-0.1, -0.05) is 19.1 Å². The first-order valence-corrected chi connectivity index (χ1v) is 7.61. The van der Waals surface area contributed by atoms with Crippen LogP contribution in [0.3, 0.4) is 0 Å². The zero-order valence-electron chi connectivity index (χ0n) is 12.1. The molecule has 3 N–H and O–H groups in total. The number of rotatable bonds is 3. The lowest BCUT2D eigenvalue weighted by atomic mass is 9.96. The van der Waals surface area contributed by atoms with Crippen molar-refractivity contribution in [2.45, 2.75) is 26.2 Å². The molecule has 1 atom stereocenters. The fourth-order valence-corrected chi connectivity index (χ4v) is 3.19. The molecule has 1 aliphatic heterocycles. The third-order valence-corrected chi connectivity index (χ3v) is 4.35. The van der Waals surface area contributed by atoms with Crippen LogP contribution in [0.5, 0.6) is 0 Å². The van der Waals surface area contributed by atoms with Gasteiger partial charge in [0.15, 0.2) is 0 Å². The highest BCUT2D eigenvalue weighted by atomic mass is 32.1. The Morgan fingerprint density at radius 1 is 1.38 bits per heavy atom. The molecule has 0 saturated carbocycles. The summed E-state index contributed by atoms with van der Waals surface area (Å²) in [6.07, 6.45) is 2.78. The SMILES string of the molecule is CCc1c(C#N)c(N2CCCC(CN)C2)[nH]c(=S)c1C#N. The van der Waals surface area contributed by atoms with E-state index in [0.717, 1.165) is 37.3 Å². The zero-order chi connectivity index (χ0) is 15.4. The van der Waals surface area contributed by atoms with Crippen molar-refractivity contribution < 1.29 is 0 Å². The highest BCUT2D eigenvalue weighted by Gasteiger charge is 2.24. The normalized spacial score (nSPS) is 18.1. The average molecular weight is 301 g/mol. The van der Waals surface area contributed by atoms with E-state index in [1.165, 1.54) is 0 Å². The maximum atomic E-state index is 9.53. The maximum Gasteiger partial charge on any atom is 0.125 e. The number of nitrogens with two attached hydrogens (primary N) is 1. The fourth-order valence-electron chi connectivity index (χ4n) is 2.93. The molecule has 2 rings (SSSR count). The molecule has 21 heavy (non-hydrogen) atoms. The van der Waals surface area contributed by atoms with E-state index < -0.39 is 0 Å². The summed E-state index contributed by atoms with van der Waals surface area (Å²) in [5, 5.41) is 18.8. The first-order valence-electron chi connectivity index (χ1n) is 7.20. The molecular formula is C15H19N5S. The lowest BCUT2D eigenvalue weighted by Crippen LogP contribution is -2.39. The van der Waals surface area contributed by atoms with Crippen LogP contribution in [0.4, 0.5) is 5.82 Å². The van der Waals surface area contributed by atoms with Gasteiger partial charge >= 0.3 is 0 Å². The number of hydrogen-bond acceptors (Lipinski definition) is 5. The van der Waals surface area contributed by atoms with Gasteiger partial charge in [-0.2, -0.15) is 10.5 Å². The van der Waals surface area contributed by atoms with E-state index in [1.54, 1.807) is 0 Å². The largest absolute Gasteiger partial charge is 0.357 e. The average Bonchev–Trinajstić information content (AvgIpc) is 2.53. The summed E-state index contributed by atoms with van der Waals surface area (Å²) < 4.78 is 0.415. The number of hydrogen-bond donors (Lipinski definition) is 2. The number of nitrogens with zero attached hydrogens (tertiary/aromatic N) is 3. The quantitative estimate of drug-likeness (QED) is 0.835. The third-order valence-electron chi connectivity index (χ3n) is 4.05. The summed E-state index contributed by atoms with van der Waals surface area (Å²) in [6, 6.07) is 4.36. The number of piperidine rings is 1. The monoisotopic (exact) mass is 301 g/mol. The molecule has 6 heteroatoms. The molecule has 1 unspecified atom stereocenters. The molecule has 0 radical (unpaired) electrons. The number of nitriles is 2. The second kappa shape index (κ2) is 6.71. The van der Waals surface area contributed by atoms with Gasteiger partial charge in [-0.05, 0) is 37.3 Å². The molecule has 5 nitrogen and oxygen atoms in total. The molecule has 1 aromatic heterocycles. The van der Waals surface area contributed by atoms with Crippen LogP contribution in [-0.4, -0.2) is 24.6 Å². The van der Waals surface area contributed by atoms with Gasteiger partial charge < -0.3 is 15.6 Å². The highest BCUT2D eigenvalue weighted by molar-refractivity contribution is 7.71. The van der Waals surface area contributed by atoms with Gasteiger partial charge in [-0.25, -0.2) is 0 Å². The van der Waals surface area contributed by atoms with E-state index in [1.807, 2.05) is 6.92 Å². The first-order chi connectivity index (χ1) is 10.2. The summed E-state index contributed by atoms with van der Waals surface area (Å²) in [5.41, 5.74) is 7.48. The van der Waals surface area contributed by atoms with Crippen molar-refractivity contribution in [3.8, 4) is 12.1 Å². The van der Waals surface area contributed by atoms with Crippen LogP contribution in [0, 0.1) is 33.2 Å². The van der Waals surface area contributed by atoms with Crippen LogP contribution < -0.4 is 10.6 Å². The number of H-pyrrole nitrogens is 1. The van der Waals surface area contributed by atoms with Crippen molar-refractivity contribution in [1.29, 1.82) is 10.5 Å². The molecule has 2 heterocycles. The molecule has 0 amide bonds. The van der Waals surface area contributed by atoms with E-state index in [0.29, 0.717) is 34.7 Å². The van der Waals surface area contributed by atoms with Gasteiger partial charge in [-0.15, -0.1) is 0 Å². The van der Waals surface area contributed by atoms with Crippen LogP contribution in [0.2, 0.25) is 0 Å². The first kappa shape index (κ1) is 15.5. The topological polar surface area (TPSA) is 92.6 Å². The Morgan fingerprint density at radius 2 is 2.10 bits per heavy atom. The molecule has 0 aromatic carbocycles. The van der Waals surface area contributed by atoms with Gasteiger partial charge in [-0.3, -0.25) is 0 Å². The number of aromatic nitrogens is 1. The molecular weight excluding hydrogens is 282 g/mol. The Kier molecular flexibility index (Phi) is 4.95. The lowest BCUT2D eigenvalue weighted by Gasteiger charge is -2.34. The van der Waals surface area contributed by atoms with Gasteiger partial charge in [0, 0.05) is 13.1 Å². The van der Waals surface area contributed by atoms with E-state index in [2.05, 4.69) is 22.0 Å². The number of nitrogens with one attached hydrogen (secondary N) is 1. The van der Waals surface area contributed by atoms with Crippen molar-refractivity contribution >= 4 is 18.0 Å². The van der Waals surface area contributed by atoms with Gasteiger partial charge in [0.05, 0.1) is 11.1 Å². The second-order valence-electron chi connectivity index (χ2n) is 5.30. The summed E-state index contributed by atoms with van der Waals surface area (Å²) in [5.74, 6) is 1.18. The van der Waals surface area contributed by atoms with E-state index in [4.69, 9.17) is 18.0 Å². The number of anilines is 1. The fraction of sp³-hybridized carbons (Fsp3) is 0.533. The minimum Gasteiger partial charge on any atom is -0.357 e. The van der Waals surface area contributed by atoms with Gasteiger partial charge in [0.2, 0.25) is 0 Å². The predicted molar refractivity (Wildman–Crippen MR) is 84.4 cm³/mol. The summed E-state index contributed by atoms with van der Waals surface area (Å²) in [6.45, 7) is 4.29. The number of aromatic amines is 1. The Morgan fingerprint density at radius 3 is 2.67 bits per heavy atom. The Balaban J connectivity index is 2.54. The molecule has 110 valence electrons. The molecule has 0 bridgehead atoms. The van der Waals surface area contributed by atoms with Crippen LogP contribution >= 0.6 is 12.2 Å². The van der Waals surface area contributed by atoms with Gasteiger partial charge in [0.25, 0.3) is 0 Å². The van der Waals surface area contributed by atoms with Crippen LogP contribution in [-0.2, 0) is 6.42 Å². The van der Waals surface area contributed by atoms with Crippen LogP contribution in [0.25, 0.3) is 0 Å². The summed E-state index contributed by atoms with van der Waals surface area (Å²) >= 11 is 5.29. The minimum atomic E-state index is 0.415. The minimum absolute atomic E-state index is 0.415. The second-order valence-corrected chi connectivity index (χ2v) is 5.71. The van der Waals surface area contributed by atoms with E-state index in [-0.39, 0.29) is 0 Å². The van der Waals surface area contributed by atoms with E-state index >= 15 is 0 Å². The molecule has 1 saturated heterocycles. The molecule has 1 aromatic rings. The van der Waals surface area contributed by atoms with Crippen LogP contribution in [0.1, 0.15) is 36.5 Å². The summed E-state index contributed by atoms with van der Waals surface area (Å²) in [7, 11) is 0. The lowest BCUT2D eigenvalue weighted by molar-refractivity contribution is 0.421. The predicted octanol–water partition coefficient (Wildman–Crippen LogP) is 2.23. The molecule has 0 aliphatic carbocycles.